The maximum absolute atomic E-state index is 9.08. The number of rotatable bonds is 4. The molecule has 0 saturated carbocycles. The van der Waals surface area contributed by atoms with E-state index >= 15 is 0 Å². The molecule has 0 saturated heterocycles. The molecule has 0 bridgehead atoms. The highest BCUT2D eigenvalue weighted by Gasteiger charge is 2.14. The standard InChI is InChI=1S/C16H18N4/c1-12(13-5-3-7-15(18)9-13)20(2)11-14-6-4-8-19-16(14)10-17/h3-9,12H,11,18H2,1-2H3. The quantitative estimate of drug-likeness (QED) is 0.864. The Hall–Kier alpha value is -2.38. The summed E-state index contributed by atoms with van der Waals surface area (Å²) in [5, 5.41) is 9.08. The van der Waals surface area contributed by atoms with Crippen LogP contribution in [0.25, 0.3) is 0 Å². The lowest BCUT2D eigenvalue weighted by Crippen LogP contribution is -2.22. The fourth-order valence-corrected chi connectivity index (χ4v) is 2.15. The normalized spacial score (nSPS) is 12.1. The number of pyridine rings is 1. The van der Waals surface area contributed by atoms with Gasteiger partial charge in [0.05, 0.1) is 0 Å². The average molecular weight is 266 g/mol. The van der Waals surface area contributed by atoms with E-state index < -0.39 is 0 Å². The van der Waals surface area contributed by atoms with Gasteiger partial charge in [0.15, 0.2) is 0 Å². The minimum Gasteiger partial charge on any atom is -0.399 e. The summed E-state index contributed by atoms with van der Waals surface area (Å²) in [7, 11) is 2.03. The molecule has 1 atom stereocenters. The molecule has 4 heteroatoms. The van der Waals surface area contributed by atoms with Gasteiger partial charge in [0.2, 0.25) is 0 Å². The molecule has 2 N–H and O–H groups in total. The van der Waals surface area contributed by atoms with E-state index in [0.717, 1.165) is 16.8 Å². The zero-order valence-corrected chi connectivity index (χ0v) is 11.7. The molecule has 1 aromatic heterocycles. The number of anilines is 1. The SMILES string of the molecule is CC(c1cccc(N)c1)N(C)Cc1cccnc1C#N. The van der Waals surface area contributed by atoms with Gasteiger partial charge >= 0.3 is 0 Å². The van der Waals surface area contributed by atoms with Crippen molar-refractivity contribution >= 4 is 5.69 Å². The Kier molecular flexibility index (Phi) is 4.34. The smallest absolute Gasteiger partial charge is 0.144 e. The van der Waals surface area contributed by atoms with Crippen molar-refractivity contribution in [1.82, 2.24) is 9.88 Å². The van der Waals surface area contributed by atoms with Crippen LogP contribution in [0.5, 0.6) is 0 Å². The summed E-state index contributed by atoms with van der Waals surface area (Å²) >= 11 is 0. The molecular weight excluding hydrogens is 248 g/mol. The Morgan fingerprint density at radius 1 is 1.35 bits per heavy atom. The molecule has 1 heterocycles. The van der Waals surface area contributed by atoms with Crippen LogP contribution in [0.4, 0.5) is 5.69 Å². The van der Waals surface area contributed by atoms with Crippen LogP contribution in [0.2, 0.25) is 0 Å². The van der Waals surface area contributed by atoms with E-state index in [4.69, 9.17) is 11.0 Å². The third-order valence-electron chi connectivity index (χ3n) is 3.47. The summed E-state index contributed by atoms with van der Waals surface area (Å²) < 4.78 is 0. The lowest BCUT2D eigenvalue weighted by molar-refractivity contribution is 0.252. The molecule has 0 radical (unpaired) electrons. The Morgan fingerprint density at radius 3 is 2.85 bits per heavy atom. The first kappa shape index (κ1) is 14.0. The van der Waals surface area contributed by atoms with Crippen molar-refractivity contribution in [3.63, 3.8) is 0 Å². The summed E-state index contributed by atoms with van der Waals surface area (Å²) in [6.07, 6.45) is 1.64. The van der Waals surface area contributed by atoms with E-state index in [1.165, 1.54) is 0 Å². The number of nitrogen functional groups attached to an aromatic ring is 1. The Bertz CT molecular complexity index is 630. The summed E-state index contributed by atoms with van der Waals surface area (Å²) in [4.78, 5) is 6.26. The maximum atomic E-state index is 9.08. The fourth-order valence-electron chi connectivity index (χ4n) is 2.15. The molecule has 20 heavy (non-hydrogen) atoms. The predicted molar refractivity (Wildman–Crippen MR) is 79.7 cm³/mol. The number of nitrogens with zero attached hydrogens (tertiary/aromatic N) is 3. The van der Waals surface area contributed by atoms with Crippen LogP contribution >= 0.6 is 0 Å². The van der Waals surface area contributed by atoms with Crippen LogP contribution in [0.3, 0.4) is 0 Å². The average Bonchev–Trinajstić information content (AvgIpc) is 2.47. The van der Waals surface area contributed by atoms with Gasteiger partial charge in [-0.05, 0) is 37.7 Å². The minimum atomic E-state index is 0.213. The minimum absolute atomic E-state index is 0.213. The number of nitrogens with two attached hydrogens (primary N) is 1. The molecule has 0 spiro atoms. The second-order valence-electron chi connectivity index (χ2n) is 4.88. The number of aromatic nitrogens is 1. The monoisotopic (exact) mass is 266 g/mol. The second kappa shape index (κ2) is 6.18. The second-order valence-corrected chi connectivity index (χ2v) is 4.88. The van der Waals surface area contributed by atoms with Gasteiger partial charge in [0, 0.05) is 30.0 Å². The lowest BCUT2D eigenvalue weighted by atomic mass is 10.1. The van der Waals surface area contributed by atoms with Crippen LogP contribution in [0, 0.1) is 11.3 Å². The van der Waals surface area contributed by atoms with Gasteiger partial charge in [-0.2, -0.15) is 5.26 Å². The molecule has 2 aromatic rings. The topological polar surface area (TPSA) is 65.9 Å². The molecule has 1 unspecified atom stereocenters. The summed E-state index contributed by atoms with van der Waals surface area (Å²) in [5.41, 5.74) is 9.17. The molecule has 0 fully saturated rings. The summed E-state index contributed by atoms with van der Waals surface area (Å²) in [6.45, 7) is 2.80. The van der Waals surface area contributed by atoms with Crippen molar-refractivity contribution in [2.45, 2.75) is 19.5 Å². The van der Waals surface area contributed by atoms with Gasteiger partial charge in [-0.15, -0.1) is 0 Å². The van der Waals surface area contributed by atoms with E-state index in [9.17, 15) is 0 Å². The van der Waals surface area contributed by atoms with Gasteiger partial charge in [-0.3, -0.25) is 4.90 Å². The molecule has 1 aromatic carbocycles. The highest BCUT2D eigenvalue weighted by Crippen LogP contribution is 2.22. The third kappa shape index (κ3) is 3.14. The van der Waals surface area contributed by atoms with Gasteiger partial charge in [-0.25, -0.2) is 4.98 Å². The third-order valence-corrected chi connectivity index (χ3v) is 3.47. The van der Waals surface area contributed by atoms with Gasteiger partial charge in [0.1, 0.15) is 11.8 Å². The van der Waals surface area contributed by atoms with Crippen molar-refractivity contribution in [2.24, 2.45) is 0 Å². The summed E-state index contributed by atoms with van der Waals surface area (Å²) in [5.74, 6) is 0. The predicted octanol–water partition coefficient (Wildman–Crippen LogP) is 2.73. The zero-order chi connectivity index (χ0) is 14.5. The van der Waals surface area contributed by atoms with E-state index in [2.05, 4.69) is 28.9 Å². The largest absolute Gasteiger partial charge is 0.399 e. The van der Waals surface area contributed by atoms with Crippen molar-refractivity contribution in [3.8, 4) is 6.07 Å². The molecule has 102 valence electrons. The van der Waals surface area contributed by atoms with Crippen molar-refractivity contribution in [3.05, 3.63) is 59.4 Å². The first-order chi connectivity index (χ1) is 9.61. The lowest BCUT2D eigenvalue weighted by Gasteiger charge is -2.25. The first-order valence-electron chi connectivity index (χ1n) is 6.51. The van der Waals surface area contributed by atoms with E-state index in [1.807, 2.05) is 37.4 Å². The van der Waals surface area contributed by atoms with Crippen LogP contribution in [0.15, 0.2) is 42.6 Å². The van der Waals surface area contributed by atoms with Gasteiger partial charge in [0.25, 0.3) is 0 Å². The van der Waals surface area contributed by atoms with Crippen molar-refractivity contribution < 1.29 is 0 Å². The van der Waals surface area contributed by atoms with Crippen LogP contribution in [-0.4, -0.2) is 16.9 Å². The first-order valence-corrected chi connectivity index (χ1v) is 6.51. The maximum Gasteiger partial charge on any atom is 0.144 e. The van der Waals surface area contributed by atoms with Crippen LogP contribution in [-0.2, 0) is 6.54 Å². The molecule has 0 aliphatic rings. The van der Waals surface area contributed by atoms with Crippen molar-refractivity contribution in [1.29, 1.82) is 5.26 Å². The van der Waals surface area contributed by atoms with Gasteiger partial charge in [-0.1, -0.05) is 18.2 Å². The van der Waals surface area contributed by atoms with E-state index in [1.54, 1.807) is 6.20 Å². The highest BCUT2D eigenvalue weighted by atomic mass is 15.1. The van der Waals surface area contributed by atoms with Crippen LogP contribution < -0.4 is 5.73 Å². The number of hydrogen-bond donors (Lipinski definition) is 1. The molecule has 4 nitrogen and oxygen atoms in total. The number of hydrogen-bond acceptors (Lipinski definition) is 4. The Morgan fingerprint density at radius 2 is 2.15 bits per heavy atom. The van der Waals surface area contributed by atoms with Gasteiger partial charge < -0.3 is 5.73 Å². The molecule has 0 aliphatic carbocycles. The zero-order valence-electron chi connectivity index (χ0n) is 11.7. The number of nitriles is 1. The van der Waals surface area contributed by atoms with E-state index in [0.29, 0.717) is 12.2 Å². The Labute approximate surface area is 119 Å². The molecule has 2 rings (SSSR count). The summed E-state index contributed by atoms with van der Waals surface area (Å²) in [6, 6.07) is 14.0. The van der Waals surface area contributed by atoms with Crippen molar-refractivity contribution in [2.75, 3.05) is 12.8 Å². The molecule has 0 aliphatic heterocycles. The molecular formula is C16H18N4. The number of benzene rings is 1. The van der Waals surface area contributed by atoms with E-state index in [-0.39, 0.29) is 6.04 Å². The molecule has 0 amide bonds. The fraction of sp³-hybridized carbons (Fsp3) is 0.250. The van der Waals surface area contributed by atoms with Crippen LogP contribution in [0.1, 0.15) is 29.8 Å². The Balaban J connectivity index is 2.16. The highest BCUT2D eigenvalue weighted by molar-refractivity contribution is 5.41.